The number of benzene rings is 1. The van der Waals surface area contributed by atoms with Crippen LogP contribution in [0.25, 0.3) is 0 Å². The lowest BCUT2D eigenvalue weighted by Gasteiger charge is -2.41. The number of alkyl halides is 6. The summed E-state index contributed by atoms with van der Waals surface area (Å²) in [6.45, 7) is 2.85. The van der Waals surface area contributed by atoms with E-state index in [4.69, 9.17) is 4.55 Å². The minimum absolute atomic E-state index is 0.0414. The van der Waals surface area contributed by atoms with Gasteiger partial charge >= 0.3 is 12.4 Å². The van der Waals surface area contributed by atoms with Crippen LogP contribution in [0.4, 0.5) is 38.0 Å². The molecule has 4 rings (SSSR count). The maximum absolute atomic E-state index is 13.8. The van der Waals surface area contributed by atoms with Crippen molar-refractivity contribution in [3.63, 3.8) is 0 Å². The number of halogens is 6. The Morgan fingerprint density at radius 3 is 2.13 bits per heavy atom. The third-order valence-corrected chi connectivity index (χ3v) is 9.18. The van der Waals surface area contributed by atoms with E-state index in [1.807, 2.05) is 0 Å². The first-order valence-electron chi connectivity index (χ1n) is 15.1. The lowest BCUT2D eigenvalue weighted by atomic mass is 9.93. The Bertz CT molecular complexity index is 1510. The number of hydrogen-bond acceptors (Lipinski definition) is 8. The molecule has 2 atom stereocenters. The van der Waals surface area contributed by atoms with Crippen LogP contribution < -0.4 is 20.4 Å². The molecule has 3 heterocycles. The average Bonchev–Trinajstić information content (AvgIpc) is 2.95. The number of nitrogens with one attached hydrogen (secondary N) is 2. The Labute approximate surface area is 267 Å². The largest absolute Gasteiger partial charge is 0.451 e. The van der Waals surface area contributed by atoms with Gasteiger partial charge in [0.25, 0.3) is 10.1 Å². The fourth-order valence-corrected chi connectivity index (χ4v) is 6.30. The molecule has 2 aliphatic rings. The molecule has 47 heavy (non-hydrogen) atoms. The highest BCUT2D eigenvalue weighted by Gasteiger charge is 2.40. The van der Waals surface area contributed by atoms with E-state index in [1.54, 1.807) is 4.90 Å². The van der Waals surface area contributed by atoms with Crippen LogP contribution in [-0.2, 0) is 38.5 Å². The van der Waals surface area contributed by atoms with Crippen molar-refractivity contribution >= 4 is 33.6 Å². The van der Waals surface area contributed by atoms with Crippen LogP contribution in [-0.4, -0.2) is 79.3 Å². The maximum Gasteiger partial charge on any atom is 0.451 e. The van der Waals surface area contributed by atoms with Crippen molar-refractivity contribution in [3.8, 4) is 0 Å². The van der Waals surface area contributed by atoms with E-state index in [0.29, 0.717) is 50.9 Å². The highest BCUT2D eigenvalue weighted by molar-refractivity contribution is 7.85. The standard InChI is InChI=1S/C29H36F6N6O5S/c1-18(17-47(44,45)46)25(42)36-11-7-20-8-13-40(14-9-20)23-16-24(39-27(38-23)29(33,34)35)41-15-10-22(41)26(43)37-12-6-19-2-4-21(5-3-19)28(30,31)32/h2-5,16,18,20,22H,6-15,17H2,1H3,(H,36,42)(H,37,43)(H,44,45,46)/t18-,22-/m0/s1. The van der Waals surface area contributed by atoms with Gasteiger partial charge in [-0.15, -0.1) is 0 Å². The summed E-state index contributed by atoms with van der Waals surface area (Å²) in [5, 5.41) is 5.35. The average molecular weight is 695 g/mol. The molecule has 0 aliphatic carbocycles. The summed E-state index contributed by atoms with van der Waals surface area (Å²) < 4.78 is 111. The van der Waals surface area contributed by atoms with Crippen LogP contribution in [0.1, 0.15) is 49.6 Å². The van der Waals surface area contributed by atoms with E-state index in [0.717, 1.165) is 12.1 Å². The topological polar surface area (TPSA) is 145 Å². The Hall–Kier alpha value is -3.67. The van der Waals surface area contributed by atoms with Gasteiger partial charge in [0, 0.05) is 38.8 Å². The molecule has 260 valence electrons. The molecule has 18 heteroatoms. The van der Waals surface area contributed by atoms with Crippen LogP contribution >= 0.6 is 0 Å². The van der Waals surface area contributed by atoms with E-state index in [2.05, 4.69) is 20.6 Å². The number of hydrogen-bond donors (Lipinski definition) is 3. The first-order chi connectivity index (χ1) is 21.9. The molecule has 1 aromatic heterocycles. The zero-order valence-electron chi connectivity index (χ0n) is 25.4. The zero-order valence-corrected chi connectivity index (χ0v) is 26.3. The van der Waals surface area contributed by atoms with Gasteiger partial charge in [-0.25, -0.2) is 9.97 Å². The van der Waals surface area contributed by atoms with Gasteiger partial charge in [0.1, 0.15) is 17.7 Å². The highest BCUT2D eigenvalue weighted by Crippen LogP contribution is 2.35. The van der Waals surface area contributed by atoms with Crippen molar-refractivity contribution in [1.82, 2.24) is 20.6 Å². The second-order valence-electron chi connectivity index (χ2n) is 11.8. The predicted molar refractivity (Wildman–Crippen MR) is 159 cm³/mol. The van der Waals surface area contributed by atoms with Crippen molar-refractivity contribution in [2.24, 2.45) is 11.8 Å². The summed E-state index contributed by atoms with van der Waals surface area (Å²) >= 11 is 0. The molecule has 0 radical (unpaired) electrons. The summed E-state index contributed by atoms with van der Waals surface area (Å²) in [6, 6.07) is 5.21. The minimum atomic E-state index is -4.84. The number of carbonyl (C=O) groups excluding carboxylic acids is 2. The number of piperidine rings is 1. The lowest BCUT2D eigenvalue weighted by Crippen LogP contribution is -2.57. The van der Waals surface area contributed by atoms with Gasteiger partial charge in [-0.2, -0.15) is 34.8 Å². The van der Waals surface area contributed by atoms with Crippen molar-refractivity contribution in [2.45, 2.75) is 57.4 Å². The molecule has 3 N–H and O–H groups in total. The van der Waals surface area contributed by atoms with Gasteiger partial charge < -0.3 is 20.4 Å². The van der Waals surface area contributed by atoms with Crippen molar-refractivity contribution in [3.05, 3.63) is 47.3 Å². The summed E-state index contributed by atoms with van der Waals surface area (Å²) in [7, 11) is -4.29. The molecule has 2 aromatic rings. The van der Waals surface area contributed by atoms with Gasteiger partial charge in [0.05, 0.1) is 17.2 Å². The maximum atomic E-state index is 13.8. The highest BCUT2D eigenvalue weighted by atomic mass is 32.2. The summed E-state index contributed by atoms with van der Waals surface area (Å²) in [4.78, 5) is 35.6. The van der Waals surface area contributed by atoms with Gasteiger partial charge in [0.2, 0.25) is 17.6 Å². The van der Waals surface area contributed by atoms with Crippen molar-refractivity contribution in [2.75, 3.05) is 48.3 Å². The van der Waals surface area contributed by atoms with Crippen LogP contribution in [0.15, 0.2) is 30.3 Å². The molecule has 1 aromatic carbocycles. The van der Waals surface area contributed by atoms with E-state index in [9.17, 15) is 44.3 Å². The molecule has 2 saturated heterocycles. The number of carbonyl (C=O) groups is 2. The van der Waals surface area contributed by atoms with Gasteiger partial charge in [-0.3, -0.25) is 14.1 Å². The quantitative estimate of drug-likeness (QED) is 0.224. The molecule has 0 unspecified atom stereocenters. The van der Waals surface area contributed by atoms with Crippen LogP contribution in [0.3, 0.4) is 0 Å². The third kappa shape index (κ3) is 10.2. The predicted octanol–water partition coefficient (Wildman–Crippen LogP) is 3.70. The van der Waals surface area contributed by atoms with Crippen molar-refractivity contribution in [1.29, 1.82) is 0 Å². The van der Waals surface area contributed by atoms with Gasteiger partial charge in [0.15, 0.2) is 0 Å². The third-order valence-electron chi connectivity index (χ3n) is 8.26. The van der Waals surface area contributed by atoms with E-state index < -0.39 is 63.4 Å². The number of nitrogens with zero attached hydrogens (tertiary/aromatic N) is 4. The molecule has 0 bridgehead atoms. The Kier molecular flexibility index (Phi) is 11.3. The molecule has 0 saturated carbocycles. The van der Waals surface area contributed by atoms with Crippen LogP contribution in [0, 0.1) is 11.8 Å². The lowest BCUT2D eigenvalue weighted by molar-refractivity contribution is -0.144. The summed E-state index contributed by atoms with van der Waals surface area (Å²) in [5.41, 5.74) is -0.200. The Morgan fingerprint density at radius 1 is 0.936 bits per heavy atom. The first-order valence-corrected chi connectivity index (χ1v) is 16.7. The minimum Gasteiger partial charge on any atom is -0.356 e. The second kappa shape index (κ2) is 14.6. The molecular formula is C29H36F6N6O5S. The van der Waals surface area contributed by atoms with E-state index >= 15 is 0 Å². The number of anilines is 2. The van der Waals surface area contributed by atoms with Gasteiger partial charge in [-0.05, 0) is 55.7 Å². The summed E-state index contributed by atoms with van der Waals surface area (Å²) in [6.07, 6.45) is -6.87. The van der Waals surface area contributed by atoms with Gasteiger partial charge in [-0.1, -0.05) is 19.1 Å². The summed E-state index contributed by atoms with van der Waals surface area (Å²) in [5.74, 6) is -3.71. The van der Waals surface area contributed by atoms with E-state index in [1.165, 1.54) is 30.0 Å². The molecule has 11 nitrogen and oxygen atoms in total. The van der Waals surface area contributed by atoms with Crippen LogP contribution in [0.2, 0.25) is 0 Å². The Balaban J connectivity index is 1.32. The normalized spacial score (nSPS) is 18.4. The first kappa shape index (κ1) is 36.2. The van der Waals surface area contributed by atoms with E-state index in [-0.39, 0.29) is 37.1 Å². The second-order valence-corrected chi connectivity index (χ2v) is 13.3. The van der Waals surface area contributed by atoms with Crippen molar-refractivity contribution < 1.29 is 48.9 Å². The SMILES string of the molecule is C[C@@H](CS(=O)(=O)O)C(=O)NCCC1CCN(c2cc(N3CC[C@H]3C(=O)NCCc3ccc(C(F)(F)F)cc3)nc(C(F)(F)F)n2)CC1. The molecule has 0 spiro atoms. The molecule has 2 fully saturated rings. The fraction of sp³-hybridized carbons (Fsp3) is 0.586. The number of amides is 2. The zero-order chi connectivity index (χ0) is 34.6. The fourth-order valence-electron chi connectivity index (χ4n) is 5.52. The van der Waals surface area contributed by atoms with Crippen LogP contribution in [0.5, 0.6) is 0 Å². The monoisotopic (exact) mass is 694 g/mol. The number of aromatic nitrogens is 2. The number of rotatable bonds is 12. The molecule has 2 aliphatic heterocycles. The molecule has 2 amide bonds. The molecular weight excluding hydrogens is 658 g/mol. The smallest absolute Gasteiger partial charge is 0.356 e. The Morgan fingerprint density at radius 2 is 1.57 bits per heavy atom.